The van der Waals surface area contributed by atoms with Gasteiger partial charge >= 0.3 is 0 Å². The lowest BCUT2D eigenvalue weighted by molar-refractivity contribution is 0.567. The van der Waals surface area contributed by atoms with Crippen LogP contribution in [0.25, 0.3) is 11.1 Å². The molecule has 0 aliphatic heterocycles. The molecule has 4 aromatic carbocycles. The second-order valence-corrected chi connectivity index (χ2v) is 18.8. The first kappa shape index (κ1) is 32.2. The smallest absolute Gasteiger partial charge is 0.235 e. The molecule has 222 valence electrons. The second kappa shape index (κ2) is 11.1. The zero-order chi connectivity index (χ0) is 31.3. The fraction of sp³-hybridized carbons (Fsp3) is 0.400. The normalized spacial score (nSPS) is 13.4. The summed E-state index contributed by atoms with van der Waals surface area (Å²) in [4.78, 5) is 13.6. The van der Waals surface area contributed by atoms with Gasteiger partial charge in [-0.25, -0.2) is 4.89 Å². The summed E-state index contributed by atoms with van der Waals surface area (Å²) >= 11 is 0. The van der Waals surface area contributed by atoms with Gasteiger partial charge in [0.25, 0.3) is 0 Å². The van der Waals surface area contributed by atoms with Gasteiger partial charge in [0.2, 0.25) is 7.49 Å². The predicted molar refractivity (Wildman–Crippen MR) is 188 cm³/mol. The first-order chi connectivity index (χ1) is 19.2. The average Bonchev–Trinajstić information content (AvgIpc) is 2.90. The summed E-state index contributed by atoms with van der Waals surface area (Å²) in [5, 5.41) is 3.11. The number of hydrogen-bond acceptors (Lipinski definition) is 1. The summed E-state index contributed by atoms with van der Waals surface area (Å²) in [7, 11) is -3.05. The van der Waals surface area contributed by atoms with Crippen LogP contribution in [0.2, 0.25) is 0 Å². The molecule has 0 radical (unpaired) electrons. The van der Waals surface area contributed by atoms with Crippen molar-refractivity contribution in [3.05, 3.63) is 113 Å². The van der Waals surface area contributed by atoms with Crippen molar-refractivity contribution in [1.29, 1.82) is 0 Å². The maximum atomic E-state index is 13.6. The van der Waals surface area contributed by atoms with Crippen molar-refractivity contribution in [2.75, 3.05) is 0 Å². The minimum Gasteiger partial charge on any atom is -0.235 e. The summed E-state index contributed by atoms with van der Waals surface area (Å²) in [6.45, 7) is 27.2. The Hall–Kier alpha value is -2.73. The van der Waals surface area contributed by atoms with Crippen LogP contribution in [-0.2, 0) is 21.7 Å². The molecule has 0 fully saturated rings. The Kier molecular flexibility index (Phi) is 8.49. The lowest BCUT2D eigenvalue weighted by Gasteiger charge is -2.33. The Morgan fingerprint density at radius 2 is 0.810 bits per heavy atom. The minimum atomic E-state index is -3.05. The van der Waals surface area contributed by atoms with Gasteiger partial charge in [-0.05, 0) is 68.2 Å². The van der Waals surface area contributed by atoms with Crippen LogP contribution in [0, 0.1) is 0 Å². The highest BCUT2D eigenvalue weighted by Gasteiger charge is 2.50. The molecule has 0 saturated heterocycles. The monoisotopic (exact) mass is 579 g/mol. The number of rotatable bonds is 4. The summed E-state index contributed by atoms with van der Waals surface area (Å²) in [6.07, 6.45) is 0. The molecule has 1 N–H and O–H groups in total. The Bertz CT molecular complexity index is 1460. The first-order valence-electron chi connectivity index (χ1n) is 15.3. The van der Waals surface area contributed by atoms with Crippen LogP contribution in [0.5, 0.6) is 0 Å². The third-order valence-electron chi connectivity index (χ3n) is 8.39. The summed E-state index contributed by atoms with van der Waals surface area (Å²) in [5.41, 5.74) is 7.08. The van der Waals surface area contributed by atoms with E-state index in [9.17, 15) is 4.89 Å². The van der Waals surface area contributed by atoms with E-state index in [2.05, 4.69) is 168 Å². The highest BCUT2D eigenvalue weighted by molar-refractivity contribution is 7.91. The SMILES string of the molecule is CC(C)(C)c1ccc([P+](O)(c2ccc(-c3ccccc3)cc2)c2ccc(C(C)(C)C)cc2C(C)(C)C)c(C(C)(C)C)c1. The highest BCUT2D eigenvalue weighted by Crippen LogP contribution is 2.55. The molecule has 42 heavy (non-hydrogen) atoms. The summed E-state index contributed by atoms with van der Waals surface area (Å²) < 4.78 is 0. The lowest BCUT2D eigenvalue weighted by atomic mass is 9.80. The maximum Gasteiger partial charge on any atom is 0.239 e. The molecule has 0 bridgehead atoms. The van der Waals surface area contributed by atoms with E-state index in [1.54, 1.807) is 0 Å². The lowest BCUT2D eigenvalue weighted by Crippen LogP contribution is -2.39. The molecule has 0 aliphatic rings. The van der Waals surface area contributed by atoms with Crippen LogP contribution in [0.3, 0.4) is 0 Å². The highest BCUT2D eigenvalue weighted by atomic mass is 31.2. The van der Waals surface area contributed by atoms with Gasteiger partial charge in [0.15, 0.2) is 0 Å². The molecule has 0 unspecified atom stereocenters. The molecule has 0 spiro atoms. The van der Waals surface area contributed by atoms with E-state index in [-0.39, 0.29) is 21.7 Å². The Morgan fingerprint density at radius 3 is 1.17 bits per heavy atom. The Balaban J connectivity index is 2.10. The number of benzene rings is 4. The van der Waals surface area contributed by atoms with Crippen molar-refractivity contribution in [2.24, 2.45) is 0 Å². The molecule has 1 nitrogen and oxygen atoms in total. The van der Waals surface area contributed by atoms with Gasteiger partial charge in [-0.1, -0.05) is 150 Å². The minimum absolute atomic E-state index is 0.0113. The van der Waals surface area contributed by atoms with Crippen LogP contribution >= 0.6 is 7.49 Å². The standard InChI is InChI=1S/C40H52OP/c1-37(2,3)30-20-24-35(33(26-30)39(7,8)9)42(41,32-22-18-29(19-23-32)28-16-14-13-15-17-28)36-25-21-31(38(4,5)6)27-34(36)40(10,11)12/h13-27,41H,1-12H3/q+1. The van der Waals surface area contributed by atoms with Gasteiger partial charge < -0.3 is 0 Å². The van der Waals surface area contributed by atoms with E-state index in [0.29, 0.717) is 0 Å². The molecule has 2 heteroatoms. The van der Waals surface area contributed by atoms with Crippen molar-refractivity contribution in [3.63, 3.8) is 0 Å². The molecule has 0 atom stereocenters. The Morgan fingerprint density at radius 1 is 0.429 bits per heavy atom. The third-order valence-corrected chi connectivity index (χ3v) is 11.6. The average molecular weight is 580 g/mol. The Labute approximate surface area is 256 Å². The molecule has 0 saturated carbocycles. The van der Waals surface area contributed by atoms with Gasteiger partial charge in [-0.3, -0.25) is 0 Å². The zero-order valence-electron chi connectivity index (χ0n) is 28.1. The summed E-state index contributed by atoms with van der Waals surface area (Å²) in [6, 6.07) is 32.9. The van der Waals surface area contributed by atoms with Gasteiger partial charge in [0, 0.05) is 11.1 Å². The van der Waals surface area contributed by atoms with Crippen LogP contribution in [-0.4, -0.2) is 4.89 Å². The van der Waals surface area contributed by atoms with E-state index in [1.165, 1.54) is 27.8 Å². The van der Waals surface area contributed by atoms with Crippen molar-refractivity contribution in [1.82, 2.24) is 0 Å². The van der Waals surface area contributed by atoms with Crippen LogP contribution in [0.15, 0.2) is 91.0 Å². The molecule has 0 aromatic heterocycles. The maximum absolute atomic E-state index is 13.6. The molecule has 0 aliphatic carbocycles. The quantitative estimate of drug-likeness (QED) is 0.239. The molecular formula is C40H52OP+. The fourth-order valence-electron chi connectivity index (χ4n) is 5.68. The first-order valence-corrected chi connectivity index (χ1v) is 17.1. The zero-order valence-corrected chi connectivity index (χ0v) is 28.9. The summed E-state index contributed by atoms with van der Waals surface area (Å²) in [5.74, 6) is 0. The topological polar surface area (TPSA) is 20.2 Å². The van der Waals surface area contributed by atoms with Gasteiger partial charge in [-0.15, -0.1) is 0 Å². The largest absolute Gasteiger partial charge is 0.239 e. The van der Waals surface area contributed by atoms with E-state index < -0.39 is 7.49 Å². The second-order valence-electron chi connectivity index (χ2n) is 16.0. The van der Waals surface area contributed by atoms with Crippen molar-refractivity contribution < 1.29 is 4.89 Å². The van der Waals surface area contributed by atoms with Crippen molar-refractivity contribution in [2.45, 2.75) is 105 Å². The molecular weight excluding hydrogens is 527 g/mol. The van der Waals surface area contributed by atoms with E-state index in [4.69, 9.17) is 0 Å². The van der Waals surface area contributed by atoms with E-state index >= 15 is 0 Å². The van der Waals surface area contributed by atoms with E-state index in [1.807, 2.05) is 6.07 Å². The van der Waals surface area contributed by atoms with Crippen molar-refractivity contribution >= 4 is 23.4 Å². The molecule has 4 rings (SSSR count). The fourth-order valence-corrected chi connectivity index (χ4v) is 9.15. The molecule has 0 amide bonds. The van der Waals surface area contributed by atoms with Crippen molar-refractivity contribution in [3.8, 4) is 11.1 Å². The number of hydrogen-bond donors (Lipinski definition) is 1. The predicted octanol–water partition coefficient (Wildman–Crippen LogP) is 9.74. The molecule has 4 aromatic rings. The van der Waals surface area contributed by atoms with Crippen LogP contribution in [0.4, 0.5) is 0 Å². The molecule has 0 heterocycles. The third kappa shape index (κ3) is 6.44. The van der Waals surface area contributed by atoms with Gasteiger partial charge in [0.05, 0.1) is 0 Å². The van der Waals surface area contributed by atoms with Gasteiger partial charge in [0.1, 0.15) is 15.9 Å². The van der Waals surface area contributed by atoms with Crippen LogP contribution in [0.1, 0.15) is 105 Å². The van der Waals surface area contributed by atoms with E-state index in [0.717, 1.165) is 21.5 Å². The van der Waals surface area contributed by atoms with Crippen LogP contribution < -0.4 is 15.9 Å². The van der Waals surface area contributed by atoms with Gasteiger partial charge in [-0.2, -0.15) is 0 Å².